The fraction of sp³-hybridized carbons (Fsp3) is 0.167. The number of sulfone groups is 1. The first-order valence-corrected chi connectivity index (χ1v) is 7.27. The maximum atomic E-state index is 11.2. The second-order valence-corrected chi connectivity index (χ2v) is 7.12. The van der Waals surface area contributed by atoms with Gasteiger partial charge in [0.05, 0.1) is 6.20 Å². The van der Waals surface area contributed by atoms with E-state index in [4.69, 9.17) is 0 Å². The third-order valence-electron chi connectivity index (χ3n) is 1.41. The molecule has 80 valence electrons. The Balaban J connectivity index is 2.22. The first-order valence-electron chi connectivity index (χ1n) is 3.75. The van der Waals surface area contributed by atoms with Crippen molar-refractivity contribution in [1.29, 1.82) is 0 Å². The van der Waals surface area contributed by atoms with Crippen LogP contribution in [0.15, 0.2) is 26.2 Å². The van der Waals surface area contributed by atoms with E-state index >= 15 is 0 Å². The van der Waals surface area contributed by atoms with Gasteiger partial charge in [-0.2, -0.15) is 5.10 Å². The minimum Gasteiger partial charge on any atom is -0.254 e. The molecule has 0 aliphatic heterocycles. The van der Waals surface area contributed by atoms with E-state index in [0.717, 1.165) is 17.6 Å². The van der Waals surface area contributed by atoms with Gasteiger partial charge < -0.3 is 0 Å². The van der Waals surface area contributed by atoms with Gasteiger partial charge in [0.2, 0.25) is 0 Å². The van der Waals surface area contributed by atoms with Crippen LogP contribution in [0.3, 0.4) is 0 Å². The number of rotatable bonds is 3. The number of hydrogen-bond acceptors (Lipinski definition) is 7. The van der Waals surface area contributed by atoms with Gasteiger partial charge in [-0.15, -0.1) is 0 Å². The highest BCUT2D eigenvalue weighted by molar-refractivity contribution is 8.01. The van der Waals surface area contributed by atoms with Crippen molar-refractivity contribution in [2.45, 2.75) is 13.7 Å². The standard InChI is InChI=1S/C6H6N4O2S3/c1-15(11,12)4-2-7-6(13-4)14-5-8-3-9-10-5/h2-3H,1H3,(H,8,9,10). The molecule has 2 aromatic heterocycles. The summed E-state index contributed by atoms with van der Waals surface area (Å²) in [5.41, 5.74) is 0. The van der Waals surface area contributed by atoms with Gasteiger partial charge in [0.25, 0.3) is 0 Å². The van der Waals surface area contributed by atoms with Gasteiger partial charge in [-0.1, -0.05) is 11.3 Å². The van der Waals surface area contributed by atoms with Crippen LogP contribution in [0.4, 0.5) is 0 Å². The Hall–Kier alpha value is -0.930. The van der Waals surface area contributed by atoms with Crippen LogP contribution in [-0.4, -0.2) is 34.8 Å². The predicted molar refractivity (Wildman–Crippen MR) is 55.7 cm³/mol. The van der Waals surface area contributed by atoms with Crippen LogP contribution in [-0.2, 0) is 9.84 Å². The number of nitrogens with one attached hydrogen (secondary N) is 1. The molecule has 9 heteroatoms. The number of thiazole rings is 1. The van der Waals surface area contributed by atoms with E-state index in [2.05, 4.69) is 20.2 Å². The molecular formula is C6H6N4O2S3. The molecule has 0 spiro atoms. The van der Waals surface area contributed by atoms with Gasteiger partial charge in [-0.25, -0.2) is 18.4 Å². The van der Waals surface area contributed by atoms with Crippen molar-refractivity contribution in [2.24, 2.45) is 0 Å². The van der Waals surface area contributed by atoms with Crippen LogP contribution in [0.25, 0.3) is 0 Å². The van der Waals surface area contributed by atoms with E-state index in [9.17, 15) is 8.42 Å². The zero-order valence-electron chi connectivity index (χ0n) is 7.54. The fourth-order valence-electron chi connectivity index (χ4n) is 0.789. The third kappa shape index (κ3) is 2.55. The van der Waals surface area contributed by atoms with E-state index in [1.807, 2.05) is 0 Å². The summed E-state index contributed by atoms with van der Waals surface area (Å²) in [4.78, 5) is 7.87. The molecule has 0 amide bonds. The maximum Gasteiger partial charge on any atom is 0.190 e. The summed E-state index contributed by atoms with van der Waals surface area (Å²) in [6.07, 6.45) is 3.88. The van der Waals surface area contributed by atoms with Crippen LogP contribution >= 0.6 is 23.1 Å². The molecule has 0 bridgehead atoms. The monoisotopic (exact) mass is 262 g/mol. The molecule has 0 radical (unpaired) electrons. The molecule has 6 nitrogen and oxygen atoms in total. The second-order valence-electron chi connectivity index (χ2n) is 2.61. The fourth-order valence-corrected chi connectivity index (χ4v) is 3.56. The first kappa shape index (κ1) is 10.6. The molecule has 0 aromatic carbocycles. The SMILES string of the molecule is CS(=O)(=O)c1cnc(Sc2ncn[nH]2)s1. The van der Waals surface area contributed by atoms with E-state index in [1.165, 1.54) is 24.3 Å². The molecule has 2 heterocycles. The lowest BCUT2D eigenvalue weighted by molar-refractivity contribution is 0.603. The van der Waals surface area contributed by atoms with E-state index in [0.29, 0.717) is 9.50 Å². The average molecular weight is 262 g/mol. The largest absolute Gasteiger partial charge is 0.254 e. The normalized spacial score (nSPS) is 11.8. The van der Waals surface area contributed by atoms with Crippen LogP contribution in [0.2, 0.25) is 0 Å². The van der Waals surface area contributed by atoms with Crippen LogP contribution in [0, 0.1) is 0 Å². The summed E-state index contributed by atoms with van der Waals surface area (Å²) in [7, 11) is -3.16. The molecule has 1 N–H and O–H groups in total. The number of aromatic nitrogens is 4. The molecule has 15 heavy (non-hydrogen) atoms. The van der Waals surface area contributed by atoms with Gasteiger partial charge in [0.1, 0.15) is 10.5 Å². The molecule has 0 fully saturated rings. The lowest BCUT2D eigenvalue weighted by Crippen LogP contribution is -1.91. The summed E-state index contributed by atoms with van der Waals surface area (Å²) in [5, 5.41) is 6.92. The first-order chi connectivity index (χ1) is 7.05. The van der Waals surface area contributed by atoms with Gasteiger partial charge in [-0.3, -0.25) is 5.10 Å². The lowest BCUT2D eigenvalue weighted by Gasteiger charge is -1.89. The predicted octanol–water partition coefficient (Wildman–Crippen LogP) is 0.816. The quantitative estimate of drug-likeness (QED) is 0.880. The van der Waals surface area contributed by atoms with Crippen molar-refractivity contribution in [3.8, 4) is 0 Å². The summed E-state index contributed by atoms with van der Waals surface area (Å²) >= 11 is 2.36. The van der Waals surface area contributed by atoms with Gasteiger partial charge >= 0.3 is 0 Å². The lowest BCUT2D eigenvalue weighted by atomic mass is 11.0. The highest BCUT2D eigenvalue weighted by Crippen LogP contribution is 2.30. The highest BCUT2D eigenvalue weighted by Gasteiger charge is 2.13. The zero-order chi connectivity index (χ0) is 10.9. The van der Waals surface area contributed by atoms with Crippen molar-refractivity contribution >= 4 is 32.9 Å². The molecular weight excluding hydrogens is 256 g/mol. The number of nitrogens with zero attached hydrogens (tertiary/aromatic N) is 3. The number of aromatic amines is 1. The third-order valence-corrected chi connectivity index (χ3v) is 5.16. The summed E-state index contributed by atoms with van der Waals surface area (Å²) in [5.74, 6) is 0. The summed E-state index contributed by atoms with van der Waals surface area (Å²) in [6.45, 7) is 0. The van der Waals surface area contributed by atoms with Crippen molar-refractivity contribution in [1.82, 2.24) is 20.2 Å². The Morgan fingerprint density at radius 2 is 2.27 bits per heavy atom. The maximum absolute atomic E-state index is 11.2. The van der Waals surface area contributed by atoms with Crippen molar-refractivity contribution in [3.05, 3.63) is 12.5 Å². The molecule has 0 aliphatic rings. The van der Waals surface area contributed by atoms with Crippen molar-refractivity contribution in [2.75, 3.05) is 6.26 Å². The molecule has 2 aromatic rings. The van der Waals surface area contributed by atoms with E-state index in [-0.39, 0.29) is 4.21 Å². The second kappa shape index (κ2) is 3.91. The van der Waals surface area contributed by atoms with E-state index < -0.39 is 9.84 Å². The van der Waals surface area contributed by atoms with Crippen LogP contribution in [0.1, 0.15) is 0 Å². The molecule has 0 unspecified atom stereocenters. The summed E-state index contributed by atoms with van der Waals surface area (Å²) < 4.78 is 23.2. The Morgan fingerprint density at radius 3 is 2.80 bits per heavy atom. The Kier molecular flexibility index (Phi) is 2.76. The molecule has 0 saturated heterocycles. The zero-order valence-corrected chi connectivity index (χ0v) is 9.99. The van der Waals surface area contributed by atoms with Crippen LogP contribution in [0.5, 0.6) is 0 Å². The van der Waals surface area contributed by atoms with E-state index in [1.54, 1.807) is 0 Å². The smallest absolute Gasteiger partial charge is 0.190 e. The van der Waals surface area contributed by atoms with Gasteiger partial charge in [-0.05, 0) is 11.8 Å². The molecule has 0 aliphatic carbocycles. The van der Waals surface area contributed by atoms with Crippen molar-refractivity contribution < 1.29 is 8.42 Å². The number of H-pyrrole nitrogens is 1. The minimum absolute atomic E-state index is 0.254. The Labute approximate surface area is 94.1 Å². The number of hydrogen-bond donors (Lipinski definition) is 1. The Morgan fingerprint density at radius 1 is 1.47 bits per heavy atom. The Bertz CT molecular complexity index is 545. The minimum atomic E-state index is -3.16. The highest BCUT2D eigenvalue weighted by atomic mass is 32.2. The molecule has 0 saturated carbocycles. The molecule has 2 rings (SSSR count). The summed E-state index contributed by atoms with van der Waals surface area (Å²) in [6, 6.07) is 0. The van der Waals surface area contributed by atoms with Crippen LogP contribution < -0.4 is 0 Å². The topological polar surface area (TPSA) is 88.6 Å². The van der Waals surface area contributed by atoms with Gasteiger partial charge in [0.15, 0.2) is 19.3 Å². The van der Waals surface area contributed by atoms with Gasteiger partial charge in [0, 0.05) is 6.26 Å². The van der Waals surface area contributed by atoms with Crippen molar-refractivity contribution in [3.63, 3.8) is 0 Å². The molecule has 0 atom stereocenters. The average Bonchev–Trinajstić information content (AvgIpc) is 2.73.